The van der Waals surface area contributed by atoms with Crippen LogP contribution < -0.4 is 9.62 Å². The van der Waals surface area contributed by atoms with Crippen molar-refractivity contribution in [1.82, 2.24) is 24.9 Å². The molecule has 11 heteroatoms. The van der Waals surface area contributed by atoms with E-state index in [4.69, 9.17) is 14.1 Å². The maximum atomic E-state index is 13.3. The minimum Gasteiger partial charge on any atom is -0.424 e. The molecule has 3 heterocycles. The number of anilines is 1. The molecule has 2 aromatic carbocycles. The van der Waals surface area contributed by atoms with Crippen molar-refractivity contribution >= 4 is 26.7 Å². The molecular weight excluding hydrogens is 528 g/mol. The first-order chi connectivity index (χ1) is 19.2. The molecular formula is C29H36N6O4S. The lowest BCUT2D eigenvalue weighted by atomic mass is 9.86. The first kappa shape index (κ1) is 26.9. The molecule has 4 aromatic rings. The van der Waals surface area contributed by atoms with Crippen LogP contribution in [0.25, 0.3) is 22.4 Å². The Morgan fingerprint density at radius 3 is 2.38 bits per heavy atom. The molecule has 40 heavy (non-hydrogen) atoms. The zero-order chi connectivity index (χ0) is 27.9. The van der Waals surface area contributed by atoms with Gasteiger partial charge in [-0.15, -0.1) is 10.2 Å². The highest BCUT2D eigenvalue weighted by atomic mass is 32.2. The molecule has 10 nitrogen and oxygen atoms in total. The molecule has 0 radical (unpaired) electrons. The summed E-state index contributed by atoms with van der Waals surface area (Å²) in [5.41, 5.74) is 3.32. The third-order valence-corrected chi connectivity index (χ3v) is 9.28. The summed E-state index contributed by atoms with van der Waals surface area (Å²) >= 11 is 0. The van der Waals surface area contributed by atoms with Crippen LogP contribution in [0.4, 0.5) is 5.69 Å². The second kappa shape index (κ2) is 10.6. The van der Waals surface area contributed by atoms with Crippen molar-refractivity contribution < 1.29 is 17.6 Å². The number of fused-ring (bicyclic) bond motifs is 1. The molecule has 0 bridgehead atoms. The summed E-state index contributed by atoms with van der Waals surface area (Å²) in [4.78, 5) is 10.5. The number of hydrogen-bond donors (Lipinski definition) is 2. The fraction of sp³-hybridized carbons (Fsp3) is 0.483. The quantitative estimate of drug-likeness (QED) is 0.344. The van der Waals surface area contributed by atoms with Crippen LogP contribution in [0.2, 0.25) is 0 Å². The number of benzene rings is 2. The van der Waals surface area contributed by atoms with Crippen LogP contribution in [0, 0.1) is 0 Å². The number of nitrogens with one attached hydrogen (secondary N) is 2. The van der Waals surface area contributed by atoms with E-state index in [0.717, 1.165) is 55.9 Å². The predicted octanol–water partition coefficient (Wildman–Crippen LogP) is 4.75. The molecule has 0 amide bonds. The Hall–Kier alpha value is -3.28. The van der Waals surface area contributed by atoms with Crippen LogP contribution >= 0.6 is 0 Å². The molecule has 1 saturated carbocycles. The fourth-order valence-electron chi connectivity index (χ4n) is 5.39. The van der Waals surface area contributed by atoms with Crippen LogP contribution in [0.5, 0.6) is 0 Å². The molecule has 212 valence electrons. The highest BCUT2D eigenvalue weighted by molar-refractivity contribution is 7.89. The summed E-state index contributed by atoms with van der Waals surface area (Å²) in [6, 6.07) is 13.2. The molecule has 1 saturated heterocycles. The Balaban J connectivity index is 1.11. The molecule has 1 aliphatic carbocycles. The van der Waals surface area contributed by atoms with E-state index >= 15 is 0 Å². The van der Waals surface area contributed by atoms with E-state index in [9.17, 15) is 8.42 Å². The SMILES string of the molecule is CC(C)(C)c1nnc([C@H]2CC[C@H](NS(=O)(=O)c3ccc4[nH]c(-c5ccc(N6CCOCC6)cc5)nc4c3)CC2)o1. The Bertz CT molecular complexity index is 1570. The van der Waals surface area contributed by atoms with Gasteiger partial charge in [-0.25, -0.2) is 18.1 Å². The van der Waals surface area contributed by atoms with Crippen molar-refractivity contribution in [3.8, 4) is 11.4 Å². The molecule has 2 N–H and O–H groups in total. The van der Waals surface area contributed by atoms with Gasteiger partial charge in [0.05, 0.1) is 29.1 Å². The predicted molar refractivity (Wildman–Crippen MR) is 153 cm³/mol. The van der Waals surface area contributed by atoms with Crippen LogP contribution in [-0.4, -0.2) is 60.9 Å². The van der Waals surface area contributed by atoms with Crippen LogP contribution in [0.1, 0.15) is 64.2 Å². The van der Waals surface area contributed by atoms with E-state index in [0.29, 0.717) is 36.0 Å². The molecule has 0 unspecified atom stereocenters. The highest BCUT2D eigenvalue weighted by Crippen LogP contribution is 2.34. The summed E-state index contributed by atoms with van der Waals surface area (Å²) in [7, 11) is -3.69. The number of sulfonamides is 1. The topological polar surface area (TPSA) is 126 Å². The Morgan fingerprint density at radius 2 is 1.70 bits per heavy atom. The maximum absolute atomic E-state index is 13.3. The van der Waals surface area contributed by atoms with Gasteiger partial charge in [0.1, 0.15) is 5.82 Å². The van der Waals surface area contributed by atoms with E-state index in [1.807, 2.05) is 32.9 Å². The maximum Gasteiger partial charge on any atom is 0.240 e. The van der Waals surface area contributed by atoms with Gasteiger partial charge < -0.3 is 19.0 Å². The van der Waals surface area contributed by atoms with Gasteiger partial charge in [-0.05, 0) is 68.1 Å². The number of aromatic nitrogens is 4. The van der Waals surface area contributed by atoms with E-state index in [1.165, 1.54) is 0 Å². The molecule has 1 aliphatic heterocycles. The largest absolute Gasteiger partial charge is 0.424 e. The second-order valence-corrected chi connectivity index (χ2v) is 13.5. The lowest BCUT2D eigenvalue weighted by molar-refractivity contribution is 0.122. The third kappa shape index (κ3) is 5.63. The summed E-state index contributed by atoms with van der Waals surface area (Å²) in [5, 5.41) is 8.47. The minimum absolute atomic E-state index is 0.137. The Labute approximate surface area is 234 Å². The van der Waals surface area contributed by atoms with Crippen molar-refractivity contribution in [1.29, 1.82) is 0 Å². The molecule has 2 fully saturated rings. The second-order valence-electron chi connectivity index (χ2n) is 11.8. The van der Waals surface area contributed by atoms with Gasteiger partial charge in [-0.3, -0.25) is 0 Å². The van der Waals surface area contributed by atoms with E-state index in [2.05, 4.69) is 36.9 Å². The normalized spacial score (nSPS) is 20.7. The first-order valence-corrected chi connectivity index (χ1v) is 15.4. The van der Waals surface area contributed by atoms with Gasteiger partial charge >= 0.3 is 0 Å². The summed E-state index contributed by atoms with van der Waals surface area (Å²) in [6.07, 6.45) is 3.02. The smallest absolute Gasteiger partial charge is 0.240 e. The van der Waals surface area contributed by atoms with Crippen molar-refractivity contribution in [2.75, 3.05) is 31.2 Å². The van der Waals surface area contributed by atoms with E-state index in [-0.39, 0.29) is 22.3 Å². The van der Waals surface area contributed by atoms with Gasteiger partial charge in [0.25, 0.3) is 0 Å². The molecule has 0 atom stereocenters. The average molecular weight is 565 g/mol. The number of aromatic amines is 1. The number of morpholine rings is 1. The Morgan fingerprint density at radius 1 is 0.975 bits per heavy atom. The number of imidazole rings is 1. The van der Waals surface area contributed by atoms with Gasteiger partial charge in [0.15, 0.2) is 0 Å². The zero-order valence-electron chi connectivity index (χ0n) is 23.2. The summed E-state index contributed by atoms with van der Waals surface area (Å²) in [6.45, 7) is 9.38. The summed E-state index contributed by atoms with van der Waals surface area (Å²) < 4.78 is 40.8. The van der Waals surface area contributed by atoms with E-state index in [1.54, 1.807) is 18.2 Å². The molecule has 2 aliphatic rings. The van der Waals surface area contributed by atoms with Crippen LogP contribution in [0.3, 0.4) is 0 Å². The van der Waals surface area contributed by atoms with Crippen LogP contribution in [-0.2, 0) is 20.2 Å². The minimum atomic E-state index is -3.69. The number of nitrogens with zero attached hydrogens (tertiary/aromatic N) is 4. The van der Waals surface area contributed by atoms with Crippen LogP contribution in [0.15, 0.2) is 51.8 Å². The lowest BCUT2D eigenvalue weighted by Crippen LogP contribution is -2.37. The van der Waals surface area contributed by atoms with Crippen molar-refractivity contribution in [3.05, 3.63) is 54.2 Å². The number of hydrogen-bond acceptors (Lipinski definition) is 8. The lowest BCUT2D eigenvalue weighted by Gasteiger charge is -2.28. The average Bonchev–Trinajstić information content (AvgIpc) is 3.62. The van der Waals surface area contributed by atoms with Crippen molar-refractivity contribution in [2.24, 2.45) is 0 Å². The first-order valence-electron chi connectivity index (χ1n) is 13.9. The fourth-order valence-corrected chi connectivity index (χ4v) is 6.71. The monoisotopic (exact) mass is 564 g/mol. The highest BCUT2D eigenvalue weighted by Gasteiger charge is 2.31. The molecule has 0 spiro atoms. The zero-order valence-corrected chi connectivity index (χ0v) is 24.0. The number of ether oxygens (including phenoxy) is 1. The van der Waals surface area contributed by atoms with Gasteiger partial charge in [-0.2, -0.15) is 0 Å². The van der Waals surface area contributed by atoms with Gasteiger partial charge in [-0.1, -0.05) is 20.8 Å². The van der Waals surface area contributed by atoms with Crippen molar-refractivity contribution in [2.45, 2.75) is 68.7 Å². The van der Waals surface area contributed by atoms with Gasteiger partial charge in [0.2, 0.25) is 21.8 Å². The van der Waals surface area contributed by atoms with E-state index < -0.39 is 10.0 Å². The van der Waals surface area contributed by atoms with Crippen molar-refractivity contribution in [3.63, 3.8) is 0 Å². The van der Waals surface area contributed by atoms with Gasteiger partial charge in [0, 0.05) is 41.7 Å². The Kier molecular flexibility index (Phi) is 7.14. The standard InChI is InChI=1S/C29H36N6O4S/c1-29(2,3)28-33-32-27(39-28)20-4-8-21(9-5-20)34-40(36,37)23-12-13-24-25(18-23)31-26(30-24)19-6-10-22(11-7-19)35-14-16-38-17-15-35/h6-7,10-13,18,20-21,34H,4-5,8-9,14-17H2,1-3H3,(H,30,31)/t20-,21-. The molecule has 6 rings (SSSR count). The summed E-state index contributed by atoms with van der Waals surface area (Å²) in [5.74, 6) is 2.15. The third-order valence-electron chi connectivity index (χ3n) is 7.76. The number of H-pyrrole nitrogens is 1. The number of rotatable bonds is 6. The molecule has 2 aromatic heterocycles.